The summed E-state index contributed by atoms with van der Waals surface area (Å²) in [6.07, 6.45) is 1.27. The molecule has 0 radical (unpaired) electrons. The van der Waals surface area contributed by atoms with E-state index in [1.807, 2.05) is 30.3 Å². The zero-order valence-corrected chi connectivity index (χ0v) is 14.2. The second-order valence-corrected chi connectivity index (χ2v) is 6.82. The molecule has 0 aliphatic rings. The Labute approximate surface area is 146 Å². The lowest BCUT2D eigenvalue weighted by Gasteiger charge is -2.11. The van der Waals surface area contributed by atoms with Crippen LogP contribution in [0.15, 0.2) is 67.3 Å². The number of amides is 1. The number of hydrogen-bond donors (Lipinski definition) is 1. The minimum atomic E-state index is -4.06. The summed E-state index contributed by atoms with van der Waals surface area (Å²) < 4.78 is 30.6. The molecule has 2 rings (SSSR count). The number of carbonyl (C=O) groups is 2. The second kappa shape index (κ2) is 8.25. The lowest BCUT2D eigenvalue weighted by Crippen LogP contribution is -2.37. The molecule has 1 amide bonds. The van der Waals surface area contributed by atoms with Crippen LogP contribution in [0.1, 0.15) is 5.56 Å². The second-order valence-electron chi connectivity index (χ2n) is 5.10. The molecule has 2 aromatic carbocycles. The van der Waals surface area contributed by atoms with Crippen LogP contribution in [0.5, 0.6) is 0 Å². The van der Waals surface area contributed by atoms with Crippen LogP contribution in [0.25, 0.3) is 11.1 Å². The largest absolute Gasteiger partial charge is 0.454 e. The Morgan fingerprint density at radius 3 is 2.36 bits per heavy atom. The predicted octanol–water partition coefficient (Wildman–Crippen LogP) is 2.03. The van der Waals surface area contributed by atoms with Crippen molar-refractivity contribution in [2.45, 2.75) is 5.75 Å². The summed E-state index contributed by atoms with van der Waals surface area (Å²) in [6, 6.07) is 16.2. The van der Waals surface area contributed by atoms with E-state index >= 15 is 0 Å². The quantitative estimate of drug-likeness (QED) is 0.484. The van der Waals surface area contributed by atoms with Gasteiger partial charge in [0, 0.05) is 0 Å². The minimum absolute atomic E-state index is 0.177. The molecule has 0 unspecified atom stereocenters. The molecule has 0 aliphatic carbocycles. The van der Waals surface area contributed by atoms with E-state index in [1.165, 1.54) is 6.08 Å². The zero-order valence-electron chi connectivity index (χ0n) is 13.3. The zero-order chi connectivity index (χ0) is 18.3. The number of rotatable bonds is 6. The maximum absolute atomic E-state index is 12.2. The van der Waals surface area contributed by atoms with Gasteiger partial charge < -0.3 is 4.74 Å². The Hall–Kier alpha value is -2.93. The van der Waals surface area contributed by atoms with Crippen LogP contribution in [0.4, 0.5) is 0 Å². The Kier molecular flexibility index (Phi) is 6.08. The molecule has 25 heavy (non-hydrogen) atoms. The Morgan fingerprint density at radius 2 is 1.68 bits per heavy atom. The third kappa shape index (κ3) is 5.29. The molecule has 7 heteroatoms. The van der Waals surface area contributed by atoms with Gasteiger partial charge in [0.25, 0.3) is 0 Å². The molecule has 0 heterocycles. The van der Waals surface area contributed by atoms with Crippen molar-refractivity contribution in [1.29, 1.82) is 0 Å². The SMILES string of the molecule is C=CCOC(=O)C(=O)NS(=O)(=O)Cc1ccccc1-c1ccccc1. The molecule has 130 valence electrons. The van der Waals surface area contributed by atoms with E-state index in [1.54, 1.807) is 29.0 Å². The average molecular weight is 359 g/mol. The molecule has 0 bridgehead atoms. The highest BCUT2D eigenvalue weighted by molar-refractivity contribution is 7.89. The minimum Gasteiger partial charge on any atom is -0.454 e. The summed E-state index contributed by atoms with van der Waals surface area (Å²) in [5, 5.41) is 0. The lowest BCUT2D eigenvalue weighted by molar-refractivity contribution is -0.153. The standard InChI is InChI=1S/C18H17NO5S/c1-2-12-24-18(21)17(20)19-25(22,23)13-15-10-6-7-11-16(15)14-8-4-3-5-9-14/h2-11H,1,12-13H2,(H,19,20). The molecule has 6 nitrogen and oxygen atoms in total. The number of hydrogen-bond acceptors (Lipinski definition) is 5. The number of carbonyl (C=O) groups excluding carboxylic acids is 2. The first-order chi connectivity index (χ1) is 11.9. The fourth-order valence-corrected chi connectivity index (χ4v) is 3.27. The van der Waals surface area contributed by atoms with Gasteiger partial charge in [-0.25, -0.2) is 17.9 Å². The van der Waals surface area contributed by atoms with Crippen LogP contribution in [-0.2, 0) is 30.1 Å². The monoisotopic (exact) mass is 359 g/mol. The first-order valence-electron chi connectivity index (χ1n) is 7.39. The highest BCUT2D eigenvalue weighted by atomic mass is 32.2. The summed E-state index contributed by atoms with van der Waals surface area (Å²) in [7, 11) is -4.06. The van der Waals surface area contributed by atoms with Crippen molar-refractivity contribution in [2.24, 2.45) is 0 Å². The lowest BCUT2D eigenvalue weighted by atomic mass is 10.0. The van der Waals surface area contributed by atoms with Gasteiger partial charge in [-0.3, -0.25) is 4.79 Å². The number of esters is 1. The van der Waals surface area contributed by atoms with Gasteiger partial charge in [0.15, 0.2) is 0 Å². The summed E-state index contributed by atoms with van der Waals surface area (Å²) in [5.41, 5.74) is 2.09. The number of nitrogens with one attached hydrogen (secondary N) is 1. The third-order valence-corrected chi connectivity index (χ3v) is 4.40. The molecule has 0 saturated carbocycles. The van der Waals surface area contributed by atoms with Gasteiger partial charge in [0.1, 0.15) is 6.61 Å². The van der Waals surface area contributed by atoms with E-state index in [9.17, 15) is 18.0 Å². The summed E-state index contributed by atoms with van der Waals surface area (Å²) in [4.78, 5) is 23.0. The van der Waals surface area contributed by atoms with Gasteiger partial charge >= 0.3 is 11.9 Å². The maximum Gasteiger partial charge on any atom is 0.398 e. The highest BCUT2D eigenvalue weighted by Crippen LogP contribution is 2.24. The fourth-order valence-electron chi connectivity index (χ4n) is 2.17. The highest BCUT2D eigenvalue weighted by Gasteiger charge is 2.23. The Morgan fingerprint density at radius 1 is 1.04 bits per heavy atom. The van der Waals surface area contributed by atoms with Gasteiger partial charge in [-0.15, -0.1) is 0 Å². The van der Waals surface area contributed by atoms with Crippen LogP contribution in [0.2, 0.25) is 0 Å². The van der Waals surface area contributed by atoms with Crippen LogP contribution >= 0.6 is 0 Å². The molecule has 0 saturated heterocycles. The molecule has 0 aromatic heterocycles. The summed E-state index contributed by atoms with van der Waals surface area (Å²) in [5.74, 6) is -3.06. The molecular weight excluding hydrogens is 342 g/mol. The fraction of sp³-hybridized carbons (Fsp3) is 0.111. The smallest absolute Gasteiger partial charge is 0.398 e. The van der Waals surface area contributed by atoms with Crippen LogP contribution < -0.4 is 4.72 Å². The van der Waals surface area contributed by atoms with E-state index in [2.05, 4.69) is 11.3 Å². The van der Waals surface area contributed by atoms with E-state index in [4.69, 9.17) is 0 Å². The first kappa shape index (κ1) is 18.4. The molecule has 0 atom stereocenters. The van der Waals surface area contributed by atoms with E-state index in [-0.39, 0.29) is 6.61 Å². The van der Waals surface area contributed by atoms with Crippen molar-refractivity contribution in [1.82, 2.24) is 4.72 Å². The van der Waals surface area contributed by atoms with Crippen LogP contribution in [0.3, 0.4) is 0 Å². The van der Waals surface area contributed by atoms with Crippen LogP contribution in [-0.4, -0.2) is 26.9 Å². The number of benzene rings is 2. The molecule has 1 N–H and O–H groups in total. The van der Waals surface area contributed by atoms with Crippen molar-refractivity contribution in [3.63, 3.8) is 0 Å². The molecule has 0 fully saturated rings. The number of sulfonamides is 1. The van der Waals surface area contributed by atoms with Gasteiger partial charge in [-0.1, -0.05) is 67.3 Å². The third-order valence-electron chi connectivity index (χ3n) is 3.21. The Bertz CT molecular complexity index is 875. The van der Waals surface area contributed by atoms with Gasteiger partial charge in [0.2, 0.25) is 10.0 Å². The number of ether oxygens (including phenoxy) is 1. The first-order valence-corrected chi connectivity index (χ1v) is 9.04. The molecule has 0 aliphatic heterocycles. The van der Waals surface area contributed by atoms with E-state index < -0.39 is 27.7 Å². The van der Waals surface area contributed by atoms with E-state index in [0.717, 1.165) is 11.1 Å². The normalized spacial score (nSPS) is 10.7. The van der Waals surface area contributed by atoms with Gasteiger partial charge in [-0.05, 0) is 16.7 Å². The topological polar surface area (TPSA) is 89.5 Å². The average Bonchev–Trinajstić information content (AvgIpc) is 2.60. The van der Waals surface area contributed by atoms with Gasteiger partial charge in [0.05, 0.1) is 5.75 Å². The van der Waals surface area contributed by atoms with Crippen molar-refractivity contribution in [3.8, 4) is 11.1 Å². The van der Waals surface area contributed by atoms with Crippen molar-refractivity contribution < 1.29 is 22.7 Å². The van der Waals surface area contributed by atoms with Crippen molar-refractivity contribution in [2.75, 3.05) is 6.61 Å². The van der Waals surface area contributed by atoms with E-state index in [0.29, 0.717) is 5.56 Å². The molecule has 2 aromatic rings. The van der Waals surface area contributed by atoms with Crippen LogP contribution in [0, 0.1) is 0 Å². The summed E-state index contributed by atoms with van der Waals surface area (Å²) >= 11 is 0. The maximum atomic E-state index is 12.2. The summed E-state index contributed by atoms with van der Waals surface area (Å²) in [6.45, 7) is 3.16. The Balaban J connectivity index is 2.17. The molecule has 0 spiro atoms. The molecular formula is C18H17NO5S. The van der Waals surface area contributed by atoms with Crippen molar-refractivity contribution >= 4 is 21.9 Å². The van der Waals surface area contributed by atoms with Crippen molar-refractivity contribution in [3.05, 3.63) is 72.8 Å². The van der Waals surface area contributed by atoms with Gasteiger partial charge in [-0.2, -0.15) is 0 Å². The predicted molar refractivity (Wildman–Crippen MR) is 93.8 cm³/mol.